The summed E-state index contributed by atoms with van der Waals surface area (Å²) in [5, 5.41) is 3.07. The molecule has 4 heteroatoms. The highest BCUT2D eigenvalue weighted by atomic mass is 16.1. The lowest BCUT2D eigenvalue weighted by Gasteiger charge is -2.26. The van der Waals surface area contributed by atoms with Crippen molar-refractivity contribution in [3.8, 4) is 11.3 Å². The first kappa shape index (κ1) is 12.0. The first-order chi connectivity index (χ1) is 9.15. The van der Waals surface area contributed by atoms with Gasteiger partial charge >= 0.3 is 0 Å². The van der Waals surface area contributed by atoms with Gasteiger partial charge in [0.2, 0.25) is 0 Å². The summed E-state index contributed by atoms with van der Waals surface area (Å²) in [6.45, 7) is 4.26. The van der Waals surface area contributed by atoms with E-state index in [1.54, 1.807) is 12.4 Å². The summed E-state index contributed by atoms with van der Waals surface area (Å²) < 4.78 is 0. The summed E-state index contributed by atoms with van der Waals surface area (Å²) in [7, 11) is 0. The molecule has 3 heterocycles. The van der Waals surface area contributed by atoms with Gasteiger partial charge in [-0.3, -0.25) is 9.78 Å². The van der Waals surface area contributed by atoms with Crippen molar-refractivity contribution >= 4 is 5.91 Å². The van der Waals surface area contributed by atoms with Crippen molar-refractivity contribution in [2.75, 3.05) is 0 Å². The first-order valence-corrected chi connectivity index (χ1v) is 6.58. The molecule has 0 fully saturated rings. The lowest BCUT2D eigenvalue weighted by molar-refractivity contribution is 0.0912. The van der Waals surface area contributed by atoms with E-state index in [0.717, 1.165) is 28.9 Å². The Hall–Kier alpha value is -2.10. The summed E-state index contributed by atoms with van der Waals surface area (Å²) in [5.41, 5.74) is 3.84. The number of fused-ring (bicyclic) bond motifs is 1. The van der Waals surface area contributed by atoms with Crippen molar-refractivity contribution in [1.29, 1.82) is 0 Å². The van der Waals surface area contributed by atoms with E-state index >= 15 is 0 Å². The number of rotatable bonds is 2. The Kier molecular flexibility index (Phi) is 2.85. The van der Waals surface area contributed by atoms with Gasteiger partial charge in [-0.05, 0) is 24.1 Å². The molecule has 1 amide bonds. The predicted molar refractivity (Wildman–Crippen MR) is 73.8 cm³/mol. The van der Waals surface area contributed by atoms with Crippen molar-refractivity contribution < 1.29 is 4.79 Å². The number of carbonyl (C=O) groups excluding carboxylic acids is 1. The van der Waals surface area contributed by atoms with Crippen LogP contribution in [-0.4, -0.2) is 21.9 Å². The van der Waals surface area contributed by atoms with Crippen LogP contribution in [0.3, 0.4) is 0 Å². The van der Waals surface area contributed by atoms with Crippen molar-refractivity contribution in [2.45, 2.75) is 26.3 Å². The minimum atomic E-state index is 0.0245. The number of aromatic amines is 1. The maximum atomic E-state index is 12.1. The van der Waals surface area contributed by atoms with E-state index in [4.69, 9.17) is 0 Å². The third kappa shape index (κ3) is 2.14. The van der Waals surface area contributed by atoms with E-state index in [1.165, 1.54) is 0 Å². The number of carbonyl (C=O) groups is 1. The van der Waals surface area contributed by atoms with E-state index in [-0.39, 0.29) is 11.9 Å². The maximum Gasteiger partial charge on any atom is 0.253 e. The van der Waals surface area contributed by atoms with Gasteiger partial charge in [0.1, 0.15) is 0 Å². The van der Waals surface area contributed by atoms with Crippen molar-refractivity contribution in [1.82, 2.24) is 15.3 Å². The van der Waals surface area contributed by atoms with Crippen LogP contribution < -0.4 is 5.32 Å². The van der Waals surface area contributed by atoms with Crippen molar-refractivity contribution in [2.24, 2.45) is 5.92 Å². The summed E-state index contributed by atoms with van der Waals surface area (Å²) in [5.74, 6) is 0.460. The van der Waals surface area contributed by atoms with Crippen LogP contribution in [0.1, 0.15) is 29.9 Å². The second kappa shape index (κ2) is 4.53. The minimum Gasteiger partial charge on any atom is -0.358 e. The van der Waals surface area contributed by atoms with Gasteiger partial charge in [0, 0.05) is 41.8 Å². The number of pyridine rings is 1. The number of hydrogen-bond acceptors (Lipinski definition) is 2. The second-order valence-electron chi connectivity index (χ2n) is 5.34. The van der Waals surface area contributed by atoms with E-state index in [9.17, 15) is 4.79 Å². The largest absolute Gasteiger partial charge is 0.358 e. The van der Waals surface area contributed by atoms with E-state index < -0.39 is 0 Å². The Morgan fingerprint density at radius 2 is 2.05 bits per heavy atom. The average molecular weight is 255 g/mol. The second-order valence-corrected chi connectivity index (χ2v) is 5.34. The van der Waals surface area contributed by atoms with Gasteiger partial charge in [-0.15, -0.1) is 0 Å². The SMILES string of the molecule is CC(C)C1Cc2[nH]c(-c3ccncc3)cc2C(=O)N1. The molecule has 0 aliphatic carbocycles. The smallest absolute Gasteiger partial charge is 0.253 e. The molecular weight excluding hydrogens is 238 g/mol. The fourth-order valence-corrected chi connectivity index (χ4v) is 2.47. The highest BCUT2D eigenvalue weighted by Crippen LogP contribution is 2.26. The molecule has 1 aliphatic rings. The summed E-state index contributed by atoms with van der Waals surface area (Å²) >= 11 is 0. The van der Waals surface area contributed by atoms with Crippen LogP contribution in [0.15, 0.2) is 30.6 Å². The molecule has 2 N–H and O–H groups in total. The van der Waals surface area contributed by atoms with E-state index in [2.05, 4.69) is 29.1 Å². The summed E-state index contributed by atoms with van der Waals surface area (Å²) in [6.07, 6.45) is 4.38. The standard InChI is InChI=1S/C15H17N3O/c1-9(2)12-8-14-11(15(19)18-12)7-13(17-14)10-3-5-16-6-4-10/h3-7,9,12,17H,8H2,1-2H3,(H,18,19). The molecule has 1 atom stereocenters. The average Bonchev–Trinajstić information content (AvgIpc) is 2.84. The molecule has 4 nitrogen and oxygen atoms in total. The molecule has 0 aromatic carbocycles. The van der Waals surface area contributed by atoms with Gasteiger partial charge < -0.3 is 10.3 Å². The Bertz CT molecular complexity index is 601. The molecule has 1 aliphatic heterocycles. The van der Waals surface area contributed by atoms with Crippen LogP contribution in [0.5, 0.6) is 0 Å². The summed E-state index contributed by atoms with van der Waals surface area (Å²) in [4.78, 5) is 19.5. The highest BCUT2D eigenvalue weighted by molar-refractivity contribution is 5.98. The molecule has 2 aromatic heterocycles. The maximum absolute atomic E-state index is 12.1. The number of aromatic nitrogens is 2. The number of amides is 1. The molecule has 98 valence electrons. The highest BCUT2D eigenvalue weighted by Gasteiger charge is 2.28. The number of hydrogen-bond donors (Lipinski definition) is 2. The Morgan fingerprint density at radius 3 is 2.74 bits per heavy atom. The van der Waals surface area contributed by atoms with Crippen molar-refractivity contribution in [3.05, 3.63) is 41.9 Å². The van der Waals surface area contributed by atoms with E-state index in [1.807, 2.05) is 18.2 Å². The van der Waals surface area contributed by atoms with E-state index in [0.29, 0.717) is 5.92 Å². The number of nitrogens with zero attached hydrogens (tertiary/aromatic N) is 1. The molecule has 0 saturated carbocycles. The molecule has 3 rings (SSSR count). The topological polar surface area (TPSA) is 57.8 Å². The normalized spacial score (nSPS) is 18.3. The first-order valence-electron chi connectivity index (χ1n) is 6.58. The van der Waals surface area contributed by atoms with Crippen molar-refractivity contribution in [3.63, 3.8) is 0 Å². The van der Waals surface area contributed by atoms with Crippen LogP contribution in [0, 0.1) is 5.92 Å². The van der Waals surface area contributed by atoms with Gasteiger partial charge in [0.05, 0.1) is 5.56 Å². The molecule has 1 unspecified atom stereocenters. The third-order valence-electron chi connectivity index (χ3n) is 3.68. The monoisotopic (exact) mass is 255 g/mol. The Labute approximate surface area is 112 Å². The molecule has 0 radical (unpaired) electrons. The van der Waals surface area contributed by atoms with Crippen LogP contribution in [-0.2, 0) is 6.42 Å². The molecule has 2 aromatic rings. The fraction of sp³-hybridized carbons (Fsp3) is 0.333. The Morgan fingerprint density at radius 1 is 1.32 bits per heavy atom. The number of H-pyrrole nitrogens is 1. The molecule has 0 spiro atoms. The lowest BCUT2D eigenvalue weighted by atomic mass is 9.94. The Balaban J connectivity index is 1.98. The summed E-state index contributed by atoms with van der Waals surface area (Å²) in [6, 6.07) is 6.02. The third-order valence-corrected chi connectivity index (χ3v) is 3.68. The fourth-order valence-electron chi connectivity index (χ4n) is 2.47. The van der Waals surface area contributed by atoms with Gasteiger partial charge in [-0.1, -0.05) is 13.8 Å². The molecular formula is C15H17N3O. The molecule has 0 bridgehead atoms. The van der Waals surface area contributed by atoms with Crippen LogP contribution in [0.4, 0.5) is 0 Å². The van der Waals surface area contributed by atoms with Crippen LogP contribution >= 0.6 is 0 Å². The predicted octanol–water partition coefficient (Wildman–Crippen LogP) is 2.39. The van der Waals surface area contributed by atoms with Crippen LogP contribution in [0.25, 0.3) is 11.3 Å². The van der Waals surface area contributed by atoms with Gasteiger partial charge in [0.15, 0.2) is 0 Å². The van der Waals surface area contributed by atoms with Gasteiger partial charge in [0.25, 0.3) is 5.91 Å². The zero-order valence-corrected chi connectivity index (χ0v) is 11.1. The number of nitrogens with one attached hydrogen (secondary N) is 2. The quantitative estimate of drug-likeness (QED) is 0.865. The zero-order chi connectivity index (χ0) is 13.4. The molecule has 0 saturated heterocycles. The lowest BCUT2D eigenvalue weighted by Crippen LogP contribution is -2.44. The zero-order valence-electron chi connectivity index (χ0n) is 11.1. The van der Waals surface area contributed by atoms with Gasteiger partial charge in [-0.2, -0.15) is 0 Å². The van der Waals surface area contributed by atoms with Crippen LogP contribution in [0.2, 0.25) is 0 Å². The van der Waals surface area contributed by atoms with Gasteiger partial charge in [-0.25, -0.2) is 0 Å². The minimum absolute atomic E-state index is 0.0245. The molecule has 19 heavy (non-hydrogen) atoms.